The van der Waals surface area contributed by atoms with Gasteiger partial charge in [0.1, 0.15) is 0 Å². The van der Waals surface area contributed by atoms with Crippen molar-refractivity contribution in [3.8, 4) is 0 Å². The van der Waals surface area contributed by atoms with Gasteiger partial charge in [-0.1, -0.05) is 12.1 Å². The van der Waals surface area contributed by atoms with Gasteiger partial charge in [-0.15, -0.1) is 0 Å². The molecule has 0 aliphatic carbocycles. The summed E-state index contributed by atoms with van der Waals surface area (Å²) in [6, 6.07) is 8.12. The summed E-state index contributed by atoms with van der Waals surface area (Å²) in [5, 5.41) is 6.15. The van der Waals surface area contributed by atoms with Gasteiger partial charge in [0.25, 0.3) is 0 Å². The van der Waals surface area contributed by atoms with Crippen LogP contribution in [0.15, 0.2) is 24.3 Å². The molecule has 0 aromatic heterocycles. The van der Waals surface area contributed by atoms with Gasteiger partial charge in [-0.05, 0) is 38.6 Å². The van der Waals surface area contributed by atoms with Crippen molar-refractivity contribution >= 4 is 11.7 Å². The Morgan fingerprint density at radius 3 is 3.00 bits per heavy atom. The number of rotatable bonds is 3. The van der Waals surface area contributed by atoms with E-state index in [0.29, 0.717) is 19.7 Å². The standard InChI is InChI=1S/C15H23N3O2/c1-11-10-18(7-8-20-11)15(19)17-14-6-4-5-13(9-14)12(2)16-3/h4-6,9,11-12,16H,7-8,10H2,1-3H3,(H,17,19). The molecule has 5 nitrogen and oxygen atoms in total. The zero-order valence-electron chi connectivity index (χ0n) is 12.3. The van der Waals surface area contributed by atoms with Crippen LogP contribution in [0.5, 0.6) is 0 Å². The quantitative estimate of drug-likeness (QED) is 0.890. The maximum Gasteiger partial charge on any atom is 0.322 e. The Kier molecular flexibility index (Phi) is 4.98. The van der Waals surface area contributed by atoms with E-state index in [1.165, 1.54) is 0 Å². The van der Waals surface area contributed by atoms with Crippen LogP contribution in [0.4, 0.5) is 10.5 Å². The van der Waals surface area contributed by atoms with Crippen LogP contribution in [0.3, 0.4) is 0 Å². The molecule has 0 saturated carbocycles. The van der Waals surface area contributed by atoms with Crippen LogP contribution in [0.1, 0.15) is 25.5 Å². The summed E-state index contributed by atoms with van der Waals surface area (Å²) in [6.45, 7) is 5.95. The zero-order valence-corrected chi connectivity index (χ0v) is 12.3. The molecule has 1 aliphatic heterocycles. The molecular formula is C15H23N3O2. The molecule has 2 atom stereocenters. The average molecular weight is 277 g/mol. The second-order valence-electron chi connectivity index (χ2n) is 5.19. The number of anilines is 1. The predicted molar refractivity (Wildman–Crippen MR) is 79.9 cm³/mol. The summed E-state index contributed by atoms with van der Waals surface area (Å²) in [4.78, 5) is 14.0. The van der Waals surface area contributed by atoms with Crippen molar-refractivity contribution in [2.75, 3.05) is 32.1 Å². The number of amides is 2. The van der Waals surface area contributed by atoms with Crippen LogP contribution in [-0.2, 0) is 4.74 Å². The number of hydrogen-bond acceptors (Lipinski definition) is 3. The number of ether oxygens (including phenoxy) is 1. The van der Waals surface area contributed by atoms with Crippen LogP contribution in [-0.4, -0.2) is 43.8 Å². The lowest BCUT2D eigenvalue weighted by atomic mass is 10.1. The Balaban J connectivity index is 2.00. The maximum absolute atomic E-state index is 12.2. The highest BCUT2D eigenvalue weighted by Crippen LogP contribution is 2.17. The van der Waals surface area contributed by atoms with Crippen molar-refractivity contribution in [2.24, 2.45) is 0 Å². The lowest BCUT2D eigenvalue weighted by molar-refractivity contribution is -0.00138. The molecule has 110 valence electrons. The molecule has 1 saturated heterocycles. The largest absolute Gasteiger partial charge is 0.375 e. The second-order valence-corrected chi connectivity index (χ2v) is 5.19. The molecule has 5 heteroatoms. The number of hydrogen-bond donors (Lipinski definition) is 2. The number of urea groups is 1. The Hall–Kier alpha value is -1.59. The summed E-state index contributed by atoms with van der Waals surface area (Å²) in [5.41, 5.74) is 1.98. The lowest BCUT2D eigenvalue weighted by Gasteiger charge is -2.31. The fourth-order valence-corrected chi connectivity index (χ4v) is 2.26. The maximum atomic E-state index is 12.2. The van der Waals surface area contributed by atoms with Gasteiger partial charge < -0.3 is 20.3 Å². The van der Waals surface area contributed by atoms with Crippen LogP contribution in [0.25, 0.3) is 0 Å². The summed E-state index contributed by atoms with van der Waals surface area (Å²) in [6.07, 6.45) is 0.102. The zero-order chi connectivity index (χ0) is 14.5. The van der Waals surface area contributed by atoms with E-state index < -0.39 is 0 Å². The third-order valence-corrected chi connectivity index (χ3v) is 3.60. The lowest BCUT2D eigenvalue weighted by Crippen LogP contribution is -2.46. The molecule has 2 rings (SSSR count). The Bertz CT molecular complexity index is 464. The third kappa shape index (κ3) is 3.71. The summed E-state index contributed by atoms with van der Waals surface area (Å²) >= 11 is 0. The first-order valence-corrected chi connectivity index (χ1v) is 7.05. The topological polar surface area (TPSA) is 53.6 Å². The number of nitrogens with one attached hydrogen (secondary N) is 2. The molecule has 2 N–H and O–H groups in total. The van der Waals surface area contributed by atoms with E-state index in [-0.39, 0.29) is 18.2 Å². The number of nitrogens with zero attached hydrogens (tertiary/aromatic N) is 1. The highest BCUT2D eigenvalue weighted by molar-refractivity contribution is 5.89. The Morgan fingerprint density at radius 1 is 1.50 bits per heavy atom. The van der Waals surface area contributed by atoms with Gasteiger partial charge in [0.05, 0.1) is 12.7 Å². The average Bonchev–Trinajstić information content (AvgIpc) is 2.46. The molecule has 1 aromatic carbocycles. The molecule has 0 bridgehead atoms. The Morgan fingerprint density at radius 2 is 2.30 bits per heavy atom. The van der Waals surface area contributed by atoms with Gasteiger partial charge in [-0.25, -0.2) is 4.79 Å². The van der Waals surface area contributed by atoms with Crippen molar-refractivity contribution in [2.45, 2.75) is 26.0 Å². The first-order valence-electron chi connectivity index (χ1n) is 7.05. The number of carbonyl (C=O) groups is 1. The van der Waals surface area contributed by atoms with E-state index in [2.05, 4.69) is 17.6 Å². The van der Waals surface area contributed by atoms with Crippen molar-refractivity contribution in [3.05, 3.63) is 29.8 Å². The normalized spacial score (nSPS) is 20.6. The highest BCUT2D eigenvalue weighted by atomic mass is 16.5. The van der Waals surface area contributed by atoms with Gasteiger partial charge in [-0.3, -0.25) is 0 Å². The summed E-state index contributed by atoms with van der Waals surface area (Å²) in [5.74, 6) is 0. The minimum Gasteiger partial charge on any atom is -0.375 e. The monoisotopic (exact) mass is 277 g/mol. The smallest absolute Gasteiger partial charge is 0.322 e. The molecule has 0 spiro atoms. The van der Waals surface area contributed by atoms with Crippen molar-refractivity contribution in [3.63, 3.8) is 0 Å². The minimum atomic E-state index is -0.0607. The number of morpholine rings is 1. The minimum absolute atomic E-state index is 0.0607. The van der Waals surface area contributed by atoms with Crippen LogP contribution in [0, 0.1) is 0 Å². The van der Waals surface area contributed by atoms with Crippen LogP contribution in [0.2, 0.25) is 0 Å². The second kappa shape index (κ2) is 6.72. The van der Waals surface area contributed by atoms with E-state index >= 15 is 0 Å². The van der Waals surface area contributed by atoms with E-state index in [4.69, 9.17) is 4.74 Å². The van der Waals surface area contributed by atoms with E-state index in [1.807, 2.05) is 38.2 Å². The van der Waals surface area contributed by atoms with E-state index in [1.54, 1.807) is 4.90 Å². The summed E-state index contributed by atoms with van der Waals surface area (Å²) in [7, 11) is 1.92. The van der Waals surface area contributed by atoms with E-state index in [0.717, 1.165) is 11.3 Å². The van der Waals surface area contributed by atoms with Crippen LogP contribution >= 0.6 is 0 Å². The molecule has 0 radical (unpaired) electrons. The van der Waals surface area contributed by atoms with Gasteiger partial charge in [0.15, 0.2) is 0 Å². The molecular weight excluding hydrogens is 254 g/mol. The first-order chi connectivity index (χ1) is 9.60. The summed E-state index contributed by atoms with van der Waals surface area (Å²) < 4.78 is 5.44. The first kappa shape index (κ1) is 14.8. The molecule has 1 fully saturated rings. The molecule has 20 heavy (non-hydrogen) atoms. The fraction of sp³-hybridized carbons (Fsp3) is 0.533. The van der Waals surface area contributed by atoms with Crippen molar-refractivity contribution < 1.29 is 9.53 Å². The predicted octanol–water partition coefficient (Wildman–Crippen LogP) is 2.22. The Labute approximate surface area is 120 Å². The van der Waals surface area contributed by atoms with Crippen LogP contribution < -0.4 is 10.6 Å². The molecule has 1 heterocycles. The van der Waals surface area contributed by atoms with Crippen molar-refractivity contribution in [1.29, 1.82) is 0 Å². The SMILES string of the molecule is CNC(C)c1cccc(NC(=O)N2CCOC(C)C2)c1. The number of benzene rings is 1. The van der Waals surface area contributed by atoms with Gasteiger partial charge in [0, 0.05) is 24.8 Å². The highest BCUT2D eigenvalue weighted by Gasteiger charge is 2.21. The van der Waals surface area contributed by atoms with Gasteiger partial charge >= 0.3 is 6.03 Å². The molecule has 1 aromatic rings. The molecule has 1 aliphatic rings. The molecule has 2 amide bonds. The van der Waals surface area contributed by atoms with Gasteiger partial charge in [-0.2, -0.15) is 0 Å². The number of carbonyl (C=O) groups excluding carboxylic acids is 1. The third-order valence-electron chi connectivity index (χ3n) is 3.60. The van der Waals surface area contributed by atoms with E-state index in [9.17, 15) is 4.79 Å². The van der Waals surface area contributed by atoms with Gasteiger partial charge in [0.2, 0.25) is 0 Å². The fourth-order valence-electron chi connectivity index (χ4n) is 2.26. The van der Waals surface area contributed by atoms with Crippen molar-refractivity contribution in [1.82, 2.24) is 10.2 Å². The molecule has 2 unspecified atom stereocenters.